The number of pyridine rings is 1. The fourth-order valence-corrected chi connectivity index (χ4v) is 1.59. The van der Waals surface area contributed by atoms with Crippen LogP contribution in [0.2, 0.25) is 0 Å². The van der Waals surface area contributed by atoms with Gasteiger partial charge in [0, 0.05) is 12.3 Å². The predicted molar refractivity (Wildman–Crippen MR) is 68.6 cm³/mol. The predicted octanol–water partition coefficient (Wildman–Crippen LogP) is 2.54. The Kier molecular flexibility index (Phi) is 3.57. The van der Waals surface area contributed by atoms with E-state index in [1.807, 2.05) is 24.3 Å². The molecule has 0 radical (unpaired) electrons. The minimum atomic E-state index is -0.497. The van der Waals surface area contributed by atoms with E-state index < -0.39 is 5.91 Å². The molecule has 1 heterocycles. The molecule has 0 aliphatic carbocycles. The topological polar surface area (TPSA) is 65.2 Å². The van der Waals surface area contributed by atoms with Gasteiger partial charge in [0.1, 0.15) is 5.75 Å². The van der Waals surface area contributed by atoms with Crippen LogP contribution in [0.1, 0.15) is 22.8 Å². The van der Waals surface area contributed by atoms with Gasteiger partial charge in [-0.15, -0.1) is 0 Å². The Hall–Kier alpha value is -2.36. The summed E-state index contributed by atoms with van der Waals surface area (Å²) in [5, 5.41) is 0. The number of aromatic nitrogens is 1. The van der Waals surface area contributed by atoms with Gasteiger partial charge in [-0.2, -0.15) is 0 Å². The Morgan fingerprint density at radius 2 is 2.06 bits per heavy atom. The molecule has 1 amide bonds. The summed E-state index contributed by atoms with van der Waals surface area (Å²) in [7, 11) is 0. The van der Waals surface area contributed by atoms with Gasteiger partial charge in [0.05, 0.1) is 5.56 Å². The Balaban J connectivity index is 2.21. The van der Waals surface area contributed by atoms with Gasteiger partial charge in [0.2, 0.25) is 11.8 Å². The number of primary amides is 1. The van der Waals surface area contributed by atoms with Crippen molar-refractivity contribution in [2.45, 2.75) is 13.3 Å². The molecular formula is C14H14N2O2. The molecule has 0 saturated carbocycles. The fourth-order valence-electron chi connectivity index (χ4n) is 1.59. The van der Waals surface area contributed by atoms with Crippen LogP contribution in [0, 0.1) is 0 Å². The third kappa shape index (κ3) is 2.66. The first-order valence-electron chi connectivity index (χ1n) is 5.72. The summed E-state index contributed by atoms with van der Waals surface area (Å²) in [5.74, 6) is 0.725. The molecule has 0 saturated heterocycles. The second-order valence-electron chi connectivity index (χ2n) is 3.81. The van der Waals surface area contributed by atoms with Gasteiger partial charge < -0.3 is 10.5 Å². The van der Waals surface area contributed by atoms with Gasteiger partial charge in [0.25, 0.3) is 0 Å². The number of aryl methyl sites for hydroxylation is 1. The van der Waals surface area contributed by atoms with Crippen LogP contribution in [0.3, 0.4) is 0 Å². The lowest BCUT2D eigenvalue weighted by Crippen LogP contribution is -2.10. The molecular weight excluding hydrogens is 228 g/mol. The average Bonchev–Trinajstić information content (AvgIpc) is 2.40. The highest BCUT2D eigenvalue weighted by atomic mass is 16.5. The molecule has 0 aliphatic heterocycles. The standard InChI is InChI=1S/C14H14N2O2/c1-2-10-5-3-4-6-12(10)18-13-8-7-11(9-16-13)14(15)17/h3-9H,2H2,1H3,(H2,15,17). The molecule has 0 atom stereocenters. The summed E-state index contributed by atoms with van der Waals surface area (Å²) in [5.41, 5.74) is 6.62. The van der Waals surface area contributed by atoms with Crippen molar-refractivity contribution >= 4 is 5.91 Å². The van der Waals surface area contributed by atoms with Crippen LogP contribution in [0.25, 0.3) is 0 Å². The molecule has 0 spiro atoms. The number of hydrogen-bond acceptors (Lipinski definition) is 3. The first kappa shape index (κ1) is 12.1. The number of hydrogen-bond donors (Lipinski definition) is 1. The second-order valence-corrected chi connectivity index (χ2v) is 3.81. The normalized spacial score (nSPS) is 10.1. The van der Waals surface area contributed by atoms with Crippen LogP contribution in [0.4, 0.5) is 0 Å². The first-order chi connectivity index (χ1) is 8.70. The summed E-state index contributed by atoms with van der Waals surface area (Å²) < 4.78 is 5.67. The van der Waals surface area contributed by atoms with Gasteiger partial charge in [-0.05, 0) is 24.1 Å². The van der Waals surface area contributed by atoms with E-state index in [1.165, 1.54) is 6.20 Å². The lowest BCUT2D eigenvalue weighted by Gasteiger charge is -2.08. The number of amides is 1. The third-order valence-corrected chi connectivity index (χ3v) is 2.59. The molecule has 0 bridgehead atoms. The van der Waals surface area contributed by atoms with E-state index in [-0.39, 0.29) is 0 Å². The Labute approximate surface area is 105 Å². The van der Waals surface area contributed by atoms with Crippen molar-refractivity contribution in [2.24, 2.45) is 5.73 Å². The molecule has 0 unspecified atom stereocenters. The molecule has 2 rings (SSSR count). The Morgan fingerprint density at radius 3 is 2.67 bits per heavy atom. The van der Waals surface area contributed by atoms with E-state index in [2.05, 4.69) is 11.9 Å². The summed E-state index contributed by atoms with van der Waals surface area (Å²) in [4.78, 5) is 15.0. The van der Waals surface area contributed by atoms with E-state index in [9.17, 15) is 4.79 Å². The minimum absolute atomic E-state index is 0.367. The number of rotatable bonds is 4. The van der Waals surface area contributed by atoms with Crippen LogP contribution in [0.5, 0.6) is 11.6 Å². The molecule has 1 aromatic heterocycles. The fraction of sp³-hybridized carbons (Fsp3) is 0.143. The zero-order chi connectivity index (χ0) is 13.0. The molecule has 4 nitrogen and oxygen atoms in total. The van der Waals surface area contributed by atoms with Crippen molar-refractivity contribution in [3.8, 4) is 11.6 Å². The highest BCUT2D eigenvalue weighted by Gasteiger charge is 2.05. The average molecular weight is 242 g/mol. The van der Waals surface area contributed by atoms with Crippen molar-refractivity contribution in [3.63, 3.8) is 0 Å². The van der Waals surface area contributed by atoms with E-state index in [0.717, 1.165) is 17.7 Å². The largest absolute Gasteiger partial charge is 0.439 e. The number of nitrogens with zero attached hydrogens (tertiary/aromatic N) is 1. The van der Waals surface area contributed by atoms with Gasteiger partial charge in [-0.3, -0.25) is 4.79 Å². The zero-order valence-corrected chi connectivity index (χ0v) is 10.1. The highest BCUT2D eigenvalue weighted by molar-refractivity contribution is 5.92. The number of carbonyl (C=O) groups is 1. The van der Waals surface area contributed by atoms with Crippen LogP contribution in [-0.2, 0) is 6.42 Å². The maximum atomic E-state index is 10.9. The number of nitrogens with two attached hydrogens (primary N) is 1. The van der Waals surface area contributed by atoms with Crippen LogP contribution in [-0.4, -0.2) is 10.9 Å². The van der Waals surface area contributed by atoms with Gasteiger partial charge in [-0.1, -0.05) is 25.1 Å². The maximum absolute atomic E-state index is 10.9. The molecule has 1 aromatic carbocycles. The van der Waals surface area contributed by atoms with E-state index in [4.69, 9.17) is 10.5 Å². The zero-order valence-electron chi connectivity index (χ0n) is 10.1. The summed E-state index contributed by atoms with van der Waals surface area (Å²) in [6, 6.07) is 11.0. The van der Waals surface area contributed by atoms with Crippen molar-refractivity contribution in [3.05, 3.63) is 53.7 Å². The highest BCUT2D eigenvalue weighted by Crippen LogP contribution is 2.24. The summed E-state index contributed by atoms with van der Waals surface area (Å²) in [6.07, 6.45) is 2.29. The monoisotopic (exact) mass is 242 g/mol. The smallest absolute Gasteiger partial charge is 0.250 e. The number of carbonyl (C=O) groups excluding carboxylic acids is 1. The second kappa shape index (κ2) is 5.31. The minimum Gasteiger partial charge on any atom is -0.439 e. The van der Waals surface area contributed by atoms with Crippen LogP contribution < -0.4 is 10.5 Å². The van der Waals surface area contributed by atoms with E-state index >= 15 is 0 Å². The van der Waals surface area contributed by atoms with Crippen LogP contribution in [0.15, 0.2) is 42.6 Å². The van der Waals surface area contributed by atoms with Crippen molar-refractivity contribution in [1.29, 1.82) is 0 Å². The SMILES string of the molecule is CCc1ccccc1Oc1ccc(C(N)=O)cn1. The van der Waals surface area contributed by atoms with Crippen LogP contribution >= 0.6 is 0 Å². The van der Waals surface area contributed by atoms with E-state index in [0.29, 0.717) is 11.4 Å². The molecule has 92 valence electrons. The van der Waals surface area contributed by atoms with Gasteiger partial charge in [-0.25, -0.2) is 4.98 Å². The number of ether oxygens (including phenoxy) is 1. The molecule has 0 aliphatic rings. The molecule has 2 N–H and O–H groups in total. The molecule has 4 heteroatoms. The molecule has 2 aromatic rings. The third-order valence-electron chi connectivity index (χ3n) is 2.59. The van der Waals surface area contributed by atoms with Crippen molar-refractivity contribution in [1.82, 2.24) is 4.98 Å². The Morgan fingerprint density at radius 1 is 1.28 bits per heavy atom. The Bertz CT molecular complexity index is 550. The van der Waals surface area contributed by atoms with E-state index in [1.54, 1.807) is 12.1 Å². The quantitative estimate of drug-likeness (QED) is 0.895. The first-order valence-corrected chi connectivity index (χ1v) is 5.72. The lowest BCUT2D eigenvalue weighted by atomic mass is 10.1. The van der Waals surface area contributed by atoms with Crippen molar-refractivity contribution in [2.75, 3.05) is 0 Å². The van der Waals surface area contributed by atoms with Gasteiger partial charge >= 0.3 is 0 Å². The molecule has 0 fully saturated rings. The van der Waals surface area contributed by atoms with Gasteiger partial charge in [0.15, 0.2) is 0 Å². The molecule has 18 heavy (non-hydrogen) atoms. The number of para-hydroxylation sites is 1. The lowest BCUT2D eigenvalue weighted by molar-refractivity contribution is 0.1000. The maximum Gasteiger partial charge on any atom is 0.250 e. The summed E-state index contributed by atoms with van der Waals surface area (Å²) in [6.45, 7) is 2.06. The summed E-state index contributed by atoms with van der Waals surface area (Å²) >= 11 is 0. The van der Waals surface area contributed by atoms with Crippen molar-refractivity contribution < 1.29 is 9.53 Å². The number of benzene rings is 1.